The number of carbonyl (C=O) groups excluding carboxylic acids is 1. The molecule has 3 rings (SSSR count). The van der Waals surface area contributed by atoms with Crippen LogP contribution < -0.4 is 15.5 Å². The molecule has 1 aliphatic rings. The summed E-state index contributed by atoms with van der Waals surface area (Å²) in [6, 6.07) is 4.49. The molecular weight excluding hydrogens is 354 g/mol. The molecule has 8 heteroatoms. The minimum absolute atomic E-state index is 0.209. The van der Waals surface area contributed by atoms with E-state index in [9.17, 15) is 10.1 Å². The van der Waals surface area contributed by atoms with Crippen LogP contribution in [0.4, 0.5) is 5.82 Å². The summed E-state index contributed by atoms with van der Waals surface area (Å²) >= 11 is 0. The first-order valence-electron chi connectivity index (χ1n) is 9.46. The molecule has 8 nitrogen and oxygen atoms in total. The van der Waals surface area contributed by atoms with E-state index in [0.29, 0.717) is 11.7 Å². The molecule has 2 aromatic rings. The van der Waals surface area contributed by atoms with Crippen molar-refractivity contribution in [3.63, 3.8) is 0 Å². The minimum atomic E-state index is -0.272. The lowest BCUT2D eigenvalue weighted by molar-refractivity contribution is 0.0952. The number of aryl methyl sites for hydroxylation is 1. The van der Waals surface area contributed by atoms with Crippen LogP contribution >= 0.6 is 0 Å². The second kappa shape index (κ2) is 7.98. The summed E-state index contributed by atoms with van der Waals surface area (Å²) in [6.07, 6.45) is 0.995. The number of anilines is 1. The third-order valence-electron chi connectivity index (χ3n) is 5.62. The molecule has 0 radical (unpaired) electrons. The van der Waals surface area contributed by atoms with Crippen LogP contribution in [-0.2, 0) is 13.6 Å². The van der Waals surface area contributed by atoms with Gasteiger partial charge in [-0.1, -0.05) is 0 Å². The van der Waals surface area contributed by atoms with Crippen LogP contribution in [0.2, 0.25) is 0 Å². The van der Waals surface area contributed by atoms with Gasteiger partial charge in [0.05, 0.1) is 0 Å². The van der Waals surface area contributed by atoms with Crippen LogP contribution in [-0.4, -0.2) is 46.6 Å². The molecule has 1 aliphatic heterocycles. The molecule has 0 bridgehead atoms. The average Bonchev–Trinajstić information content (AvgIpc) is 3.27. The van der Waals surface area contributed by atoms with Crippen molar-refractivity contribution in [1.82, 2.24) is 25.2 Å². The number of nitriles is 1. The maximum Gasteiger partial charge on any atom is 0.288 e. The highest BCUT2D eigenvalue weighted by Crippen LogP contribution is 2.24. The number of carbonyl (C=O) groups is 1. The van der Waals surface area contributed by atoms with Gasteiger partial charge < -0.3 is 20.1 Å². The molecule has 3 heterocycles. The lowest BCUT2D eigenvalue weighted by atomic mass is 10.2. The largest absolute Gasteiger partial charge is 0.355 e. The van der Waals surface area contributed by atoms with E-state index in [4.69, 9.17) is 0 Å². The lowest BCUT2D eigenvalue weighted by Crippen LogP contribution is -2.33. The van der Waals surface area contributed by atoms with Gasteiger partial charge in [-0.15, -0.1) is 0 Å². The standard InChI is InChI=1S/C20H27N7O/c1-12-13(2)24-18(20(28)22-4)25-19(12)27-7-6-16(11-27)23-10-15-8-17(9-21)26(5)14(15)3/h8,16,23H,6-7,10-11H2,1-5H3,(H,22,28)/t16-/m1/s1. The van der Waals surface area contributed by atoms with Gasteiger partial charge in [-0.05, 0) is 38.8 Å². The Hall–Kier alpha value is -2.92. The van der Waals surface area contributed by atoms with Crippen LogP contribution in [0, 0.1) is 32.1 Å². The van der Waals surface area contributed by atoms with Crippen molar-refractivity contribution in [2.24, 2.45) is 7.05 Å². The molecule has 2 aromatic heterocycles. The predicted octanol–water partition coefficient (Wildman–Crippen LogP) is 1.34. The maximum atomic E-state index is 12.0. The van der Waals surface area contributed by atoms with Gasteiger partial charge in [0.25, 0.3) is 5.91 Å². The number of hydrogen-bond acceptors (Lipinski definition) is 6. The summed E-state index contributed by atoms with van der Waals surface area (Å²) in [5, 5.41) is 15.4. The molecule has 1 fully saturated rings. The molecule has 28 heavy (non-hydrogen) atoms. The molecule has 1 saturated heterocycles. The summed E-state index contributed by atoms with van der Waals surface area (Å²) in [5.74, 6) is 0.769. The Morgan fingerprint density at radius 3 is 2.75 bits per heavy atom. The fourth-order valence-electron chi connectivity index (χ4n) is 3.56. The van der Waals surface area contributed by atoms with Crippen molar-refractivity contribution in [1.29, 1.82) is 5.26 Å². The number of aromatic nitrogens is 3. The summed E-state index contributed by atoms with van der Waals surface area (Å²) < 4.78 is 1.92. The zero-order valence-corrected chi connectivity index (χ0v) is 17.1. The molecule has 0 aromatic carbocycles. The molecule has 0 saturated carbocycles. The fourth-order valence-corrected chi connectivity index (χ4v) is 3.56. The van der Waals surface area contributed by atoms with E-state index in [1.54, 1.807) is 7.05 Å². The van der Waals surface area contributed by atoms with Gasteiger partial charge in [0.2, 0.25) is 5.82 Å². The van der Waals surface area contributed by atoms with E-state index in [2.05, 4.69) is 31.6 Å². The van der Waals surface area contributed by atoms with Gasteiger partial charge in [-0.2, -0.15) is 5.26 Å². The third-order valence-corrected chi connectivity index (χ3v) is 5.62. The van der Waals surface area contributed by atoms with Gasteiger partial charge in [0, 0.05) is 56.7 Å². The zero-order valence-electron chi connectivity index (χ0n) is 17.1. The van der Waals surface area contributed by atoms with E-state index in [0.717, 1.165) is 54.4 Å². The van der Waals surface area contributed by atoms with Crippen molar-refractivity contribution in [3.8, 4) is 6.07 Å². The highest BCUT2D eigenvalue weighted by molar-refractivity contribution is 5.90. The van der Waals surface area contributed by atoms with Crippen LogP contribution in [0.3, 0.4) is 0 Å². The van der Waals surface area contributed by atoms with Crippen molar-refractivity contribution in [2.75, 3.05) is 25.0 Å². The highest BCUT2D eigenvalue weighted by atomic mass is 16.2. The molecular formula is C20H27N7O. The maximum absolute atomic E-state index is 12.0. The zero-order chi connectivity index (χ0) is 20.4. The van der Waals surface area contributed by atoms with Gasteiger partial charge in [0.1, 0.15) is 17.6 Å². The van der Waals surface area contributed by atoms with Crippen LogP contribution in [0.25, 0.3) is 0 Å². The average molecular weight is 381 g/mol. The summed E-state index contributed by atoms with van der Waals surface area (Å²) in [7, 11) is 3.50. The van der Waals surface area contributed by atoms with Crippen molar-refractivity contribution in [2.45, 2.75) is 39.8 Å². The first-order chi connectivity index (χ1) is 13.3. The Kier molecular flexibility index (Phi) is 5.66. The van der Waals surface area contributed by atoms with Gasteiger partial charge in [-0.25, -0.2) is 9.97 Å². The lowest BCUT2D eigenvalue weighted by Gasteiger charge is -2.21. The first-order valence-corrected chi connectivity index (χ1v) is 9.46. The number of rotatable bonds is 5. The van der Waals surface area contributed by atoms with E-state index in [1.807, 2.05) is 38.5 Å². The monoisotopic (exact) mass is 381 g/mol. The summed E-state index contributed by atoms with van der Waals surface area (Å²) in [6.45, 7) is 8.36. The second-order valence-corrected chi connectivity index (χ2v) is 7.28. The molecule has 2 N–H and O–H groups in total. The summed E-state index contributed by atoms with van der Waals surface area (Å²) in [4.78, 5) is 23.0. The van der Waals surface area contributed by atoms with Gasteiger partial charge in [-0.3, -0.25) is 4.79 Å². The number of hydrogen-bond donors (Lipinski definition) is 2. The Morgan fingerprint density at radius 2 is 2.11 bits per heavy atom. The Balaban J connectivity index is 1.70. The molecule has 1 atom stereocenters. The Bertz CT molecular complexity index is 941. The molecule has 1 amide bonds. The first kappa shape index (κ1) is 19.8. The Labute approximate surface area is 165 Å². The van der Waals surface area contributed by atoms with E-state index in [-0.39, 0.29) is 11.7 Å². The quantitative estimate of drug-likeness (QED) is 0.811. The SMILES string of the molecule is CNC(=O)c1nc(C)c(C)c(N2CC[C@@H](NCc3cc(C#N)n(C)c3C)C2)n1. The van der Waals surface area contributed by atoms with Crippen LogP contribution in [0.5, 0.6) is 0 Å². The molecule has 0 aliphatic carbocycles. The minimum Gasteiger partial charge on any atom is -0.355 e. The van der Waals surface area contributed by atoms with E-state index < -0.39 is 0 Å². The topological polar surface area (TPSA) is 98.9 Å². The number of nitrogens with one attached hydrogen (secondary N) is 2. The van der Waals surface area contributed by atoms with Crippen LogP contribution in [0.1, 0.15) is 45.2 Å². The highest BCUT2D eigenvalue weighted by Gasteiger charge is 2.26. The molecule has 148 valence electrons. The predicted molar refractivity (Wildman–Crippen MR) is 107 cm³/mol. The van der Waals surface area contributed by atoms with Crippen molar-refractivity contribution >= 4 is 11.7 Å². The van der Waals surface area contributed by atoms with Gasteiger partial charge >= 0.3 is 0 Å². The second-order valence-electron chi connectivity index (χ2n) is 7.28. The van der Waals surface area contributed by atoms with Gasteiger partial charge in [0.15, 0.2) is 0 Å². The van der Waals surface area contributed by atoms with E-state index in [1.165, 1.54) is 0 Å². The Morgan fingerprint density at radius 1 is 1.36 bits per heavy atom. The van der Waals surface area contributed by atoms with Crippen molar-refractivity contribution in [3.05, 3.63) is 40.1 Å². The fraction of sp³-hybridized carbons (Fsp3) is 0.500. The smallest absolute Gasteiger partial charge is 0.288 e. The van der Waals surface area contributed by atoms with Crippen LogP contribution in [0.15, 0.2) is 6.07 Å². The normalized spacial score (nSPS) is 16.3. The number of amides is 1. The molecule has 0 unspecified atom stereocenters. The number of nitrogens with zero attached hydrogens (tertiary/aromatic N) is 5. The molecule has 0 spiro atoms. The van der Waals surface area contributed by atoms with Crippen molar-refractivity contribution < 1.29 is 4.79 Å². The van der Waals surface area contributed by atoms with E-state index >= 15 is 0 Å². The third kappa shape index (κ3) is 3.71. The summed E-state index contributed by atoms with van der Waals surface area (Å²) in [5.41, 5.74) is 4.76.